The van der Waals surface area contributed by atoms with Crippen molar-refractivity contribution in [1.82, 2.24) is 9.97 Å². The van der Waals surface area contributed by atoms with Gasteiger partial charge in [-0.1, -0.05) is 39.7 Å². The molecule has 0 aliphatic carbocycles. The minimum Gasteiger partial charge on any atom is -0.374 e. The van der Waals surface area contributed by atoms with Crippen molar-refractivity contribution in [2.45, 2.75) is 13.5 Å². The zero-order chi connectivity index (χ0) is 13.0. The molecule has 5 heteroatoms. The predicted octanol–water partition coefficient (Wildman–Crippen LogP) is 4.10. The molecule has 1 aromatic carbocycles. The summed E-state index contributed by atoms with van der Waals surface area (Å²) in [5.41, 5.74) is 1.79. The number of benzene rings is 1. The molecule has 94 valence electrons. The lowest BCUT2D eigenvalue weighted by Gasteiger charge is -2.06. The number of hydrogen-bond acceptors (Lipinski definition) is 3. The van der Waals surface area contributed by atoms with Gasteiger partial charge in [-0.25, -0.2) is 9.97 Å². The second-order valence-corrected chi connectivity index (χ2v) is 4.94. The van der Waals surface area contributed by atoms with Crippen LogP contribution in [0.5, 0.6) is 0 Å². The smallest absolute Gasteiger partial charge is 0.156 e. The van der Waals surface area contributed by atoms with E-state index in [0.29, 0.717) is 24.2 Å². The molecule has 0 radical (unpaired) electrons. The second-order valence-electron chi connectivity index (χ2n) is 3.64. The molecule has 18 heavy (non-hydrogen) atoms. The Morgan fingerprint density at radius 3 is 2.83 bits per heavy atom. The summed E-state index contributed by atoms with van der Waals surface area (Å²) in [6.45, 7) is 2.93. The van der Waals surface area contributed by atoms with E-state index >= 15 is 0 Å². The van der Waals surface area contributed by atoms with Crippen LogP contribution in [-0.2, 0) is 11.3 Å². The summed E-state index contributed by atoms with van der Waals surface area (Å²) in [5, 5.41) is 0.426. The summed E-state index contributed by atoms with van der Waals surface area (Å²) in [6, 6.07) is 9.64. The van der Waals surface area contributed by atoms with Gasteiger partial charge < -0.3 is 4.74 Å². The van der Waals surface area contributed by atoms with Gasteiger partial charge in [-0.15, -0.1) is 0 Å². The largest absolute Gasteiger partial charge is 0.374 e. The van der Waals surface area contributed by atoms with E-state index in [1.54, 1.807) is 6.07 Å². The van der Waals surface area contributed by atoms with Gasteiger partial charge in [0.2, 0.25) is 0 Å². The fourth-order valence-electron chi connectivity index (χ4n) is 1.52. The van der Waals surface area contributed by atoms with Crippen LogP contribution in [0.15, 0.2) is 34.8 Å². The summed E-state index contributed by atoms with van der Waals surface area (Å²) in [7, 11) is 0. The highest BCUT2D eigenvalue weighted by Gasteiger charge is 2.06. The SMILES string of the molecule is CCOCc1nc(Cl)cc(-c2cccc(Br)c2)n1. The summed E-state index contributed by atoms with van der Waals surface area (Å²) < 4.78 is 6.30. The normalized spacial score (nSPS) is 10.6. The average molecular weight is 328 g/mol. The van der Waals surface area contributed by atoms with E-state index in [9.17, 15) is 0 Å². The molecule has 0 aliphatic rings. The van der Waals surface area contributed by atoms with Gasteiger partial charge in [-0.3, -0.25) is 0 Å². The summed E-state index contributed by atoms with van der Waals surface area (Å²) >= 11 is 9.44. The first-order chi connectivity index (χ1) is 8.69. The van der Waals surface area contributed by atoms with Crippen LogP contribution in [0.3, 0.4) is 0 Å². The molecule has 1 heterocycles. The van der Waals surface area contributed by atoms with E-state index in [-0.39, 0.29) is 0 Å². The average Bonchev–Trinajstić information content (AvgIpc) is 2.36. The molecule has 0 N–H and O–H groups in total. The molecule has 1 aromatic heterocycles. The maximum Gasteiger partial charge on any atom is 0.156 e. The number of hydrogen-bond donors (Lipinski definition) is 0. The Bertz CT molecular complexity index is 548. The van der Waals surface area contributed by atoms with Gasteiger partial charge in [0.15, 0.2) is 5.82 Å². The monoisotopic (exact) mass is 326 g/mol. The minimum absolute atomic E-state index is 0.373. The van der Waals surface area contributed by atoms with Crippen molar-refractivity contribution in [3.8, 4) is 11.3 Å². The Morgan fingerprint density at radius 1 is 1.28 bits per heavy atom. The standard InChI is InChI=1S/C13H12BrClN2O/c1-2-18-8-13-16-11(7-12(15)17-13)9-4-3-5-10(14)6-9/h3-7H,2,8H2,1H3. The maximum absolute atomic E-state index is 6.00. The highest BCUT2D eigenvalue weighted by Crippen LogP contribution is 2.23. The summed E-state index contributed by atoms with van der Waals surface area (Å²) in [6.07, 6.45) is 0. The van der Waals surface area contributed by atoms with Gasteiger partial charge in [0.05, 0.1) is 5.69 Å². The summed E-state index contributed by atoms with van der Waals surface area (Å²) in [5.74, 6) is 0.597. The van der Waals surface area contributed by atoms with Crippen LogP contribution in [0.1, 0.15) is 12.7 Å². The molecule has 0 fully saturated rings. The van der Waals surface area contributed by atoms with Crippen molar-refractivity contribution >= 4 is 27.5 Å². The molecule has 2 rings (SSSR count). The van der Waals surface area contributed by atoms with Gasteiger partial charge >= 0.3 is 0 Å². The number of nitrogens with zero attached hydrogens (tertiary/aromatic N) is 2. The first-order valence-electron chi connectivity index (χ1n) is 5.56. The second kappa shape index (κ2) is 6.27. The first-order valence-corrected chi connectivity index (χ1v) is 6.73. The van der Waals surface area contributed by atoms with Crippen molar-refractivity contribution in [2.75, 3.05) is 6.61 Å². The van der Waals surface area contributed by atoms with Gasteiger partial charge in [0.1, 0.15) is 11.8 Å². The Morgan fingerprint density at radius 2 is 2.11 bits per heavy atom. The van der Waals surface area contributed by atoms with E-state index in [1.165, 1.54) is 0 Å². The van der Waals surface area contributed by atoms with Gasteiger partial charge in [0, 0.05) is 22.7 Å². The van der Waals surface area contributed by atoms with Crippen molar-refractivity contribution in [3.05, 3.63) is 45.8 Å². The number of aromatic nitrogens is 2. The topological polar surface area (TPSA) is 35.0 Å². The molecule has 0 bridgehead atoms. The van der Waals surface area contributed by atoms with Crippen LogP contribution in [0.2, 0.25) is 5.15 Å². The predicted molar refractivity (Wildman–Crippen MR) is 75.5 cm³/mol. The molecule has 2 aromatic rings. The fraction of sp³-hybridized carbons (Fsp3) is 0.231. The van der Waals surface area contributed by atoms with Crippen LogP contribution in [-0.4, -0.2) is 16.6 Å². The van der Waals surface area contributed by atoms with Gasteiger partial charge in [0.25, 0.3) is 0 Å². The van der Waals surface area contributed by atoms with E-state index in [1.807, 2.05) is 31.2 Å². The zero-order valence-corrected chi connectivity index (χ0v) is 12.2. The lowest BCUT2D eigenvalue weighted by molar-refractivity contribution is 0.128. The number of rotatable bonds is 4. The van der Waals surface area contributed by atoms with E-state index < -0.39 is 0 Å². The molecule has 0 saturated carbocycles. The van der Waals surface area contributed by atoms with Crippen LogP contribution < -0.4 is 0 Å². The maximum atomic E-state index is 6.00. The molecular formula is C13H12BrClN2O. The third-order valence-corrected chi connectivity index (χ3v) is 2.98. The van der Waals surface area contributed by atoms with Gasteiger partial charge in [-0.2, -0.15) is 0 Å². The fourth-order valence-corrected chi connectivity index (χ4v) is 2.12. The molecule has 0 amide bonds. The van der Waals surface area contributed by atoms with Crippen molar-refractivity contribution < 1.29 is 4.74 Å². The number of halogens is 2. The van der Waals surface area contributed by atoms with Crippen LogP contribution in [0.4, 0.5) is 0 Å². The highest BCUT2D eigenvalue weighted by molar-refractivity contribution is 9.10. The van der Waals surface area contributed by atoms with Crippen molar-refractivity contribution in [1.29, 1.82) is 0 Å². The Kier molecular flexibility index (Phi) is 4.69. The number of ether oxygens (including phenoxy) is 1. The quantitative estimate of drug-likeness (QED) is 0.793. The van der Waals surface area contributed by atoms with Crippen LogP contribution in [0.25, 0.3) is 11.3 Å². The molecule has 0 saturated heterocycles. The van der Waals surface area contributed by atoms with Crippen LogP contribution >= 0.6 is 27.5 Å². The third-order valence-electron chi connectivity index (χ3n) is 2.30. The minimum atomic E-state index is 0.373. The summed E-state index contributed by atoms with van der Waals surface area (Å²) in [4.78, 5) is 8.58. The molecule has 0 aliphatic heterocycles. The first kappa shape index (κ1) is 13.5. The molecule has 0 spiro atoms. The zero-order valence-electron chi connectivity index (χ0n) is 9.86. The molecule has 0 unspecified atom stereocenters. The van der Waals surface area contributed by atoms with E-state index in [4.69, 9.17) is 16.3 Å². The van der Waals surface area contributed by atoms with Crippen molar-refractivity contribution in [2.24, 2.45) is 0 Å². The van der Waals surface area contributed by atoms with Crippen molar-refractivity contribution in [3.63, 3.8) is 0 Å². The highest BCUT2D eigenvalue weighted by atomic mass is 79.9. The molecule has 3 nitrogen and oxygen atoms in total. The lowest BCUT2D eigenvalue weighted by Crippen LogP contribution is -2.00. The Balaban J connectivity index is 2.35. The third kappa shape index (κ3) is 3.51. The molecule has 0 atom stereocenters. The van der Waals surface area contributed by atoms with E-state index in [0.717, 1.165) is 15.7 Å². The lowest BCUT2D eigenvalue weighted by atomic mass is 10.1. The molecular weight excluding hydrogens is 316 g/mol. The van der Waals surface area contributed by atoms with Crippen LogP contribution in [0, 0.1) is 0 Å². The van der Waals surface area contributed by atoms with Gasteiger partial charge in [-0.05, 0) is 19.1 Å². The Hall–Kier alpha value is -0.970. The van der Waals surface area contributed by atoms with E-state index in [2.05, 4.69) is 25.9 Å². The Labute approximate surface area is 119 Å².